The van der Waals surface area contributed by atoms with Crippen molar-refractivity contribution >= 4 is 23.6 Å². The van der Waals surface area contributed by atoms with Crippen molar-refractivity contribution in [1.29, 1.82) is 5.26 Å². The molecule has 26 heavy (non-hydrogen) atoms. The number of para-hydroxylation sites is 2. The van der Waals surface area contributed by atoms with Crippen molar-refractivity contribution in [2.45, 2.75) is 0 Å². The molecule has 7 heteroatoms. The fraction of sp³-hybridized carbons (Fsp3) is 0.105. The first kappa shape index (κ1) is 18.5. The van der Waals surface area contributed by atoms with Crippen LogP contribution in [0.5, 0.6) is 11.5 Å². The Labute approximate surface area is 150 Å². The highest BCUT2D eigenvalue weighted by atomic mass is 16.5. The number of primary amides is 1. The van der Waals surface area contributed by atoms with E-state index in [1.54, 1.807) is 54.6 Å². The van der Waals surface area contributed by atoms with E-state index in [-0.39, 0.29) is 18.1 Å². The van der Waals surface area contributed by atoms with Gasteiger partial charge in [-0.25, -0.2) is 0 Å². The monoisotopic (exact) mass is 351 g/mol. The van der Waals surface area contributed by atoms with Crippen LogP contribution in [0.1, 0.15) is 5.56 Å². The molecule has 7 nitrogen and oxygen atoms in total. The van der Waals surface area contributed by atoms with E-state index < -0.39 is 5.91 Å². The van der Waals surface area contributed by atoms with Crippen molar-refractivity contribution in [2.75, 3.05) is 19.0 Å². The molecule has 0 aliphatic rings. The van der Waals surface area contributed by atoms with Gasteiger partial charge in [-0.3, -0.25) is 9.59 Å². The summed E-state index contributed by atoms with van der Waals surface area (Å²) in [7, 11) is 1.52. The number of amides is 2. The molecule has 0 aromatic heterocycles. The van der Waals surface area contributed by atoms with Crippen LogP contribution in [0.3, 0.4) is 0 Å². The molecule has 0 unspecified atom stereocenters. The van der Waals surface area contributed by atoms with E-state index in [0.29, 0.717) is 22.7 Å². The van der Waals surface area contributed by atoms with Gasteiger partial charge in [0.2, 0.25) is 0 Å². The Hall–Kier alpha value is -3.79. The number of hydrogen-bond donors (Lipinski definition) is 2. The molecule has 0 heterocycles. The summed E-state index contributed by atoms with van der Waals surface area (Å²) in [6.45, 7) is -0.183. The van der Waals surface area contributed by atoms with Gasteiger partial charge in [-0.2, -0.15) is 5.26 Å². The third-order valence-electron chi connectivity index (χ3n) is 3.33. The van der Waals surface area contributed by atoms with Gasteiger partial charge in [0.25, 0.3) is 11.8 Å². The minimum absolute atomic E-state index is 0.144. The molecule has 0 saturated heterocycles. The number of carbonyl (C=O) groups is 2. The largest absolute Gasteiger partial charge is 0.495 e. The van der Waals surface area contributed by atoms with E-state index in [2.05, 4.69) is 5.32 Å². The number of ether oxygens (including phenoxy) is 2. The fourth-order valence-corrected chi connectivity index (χ4v) is 2.07. The van der Waals surface area contributed by atoms with Gasteiger partial charge in [-0.1, -0.05) is 24.3 Å². The minimum Gasteiger partial charge on any atom is -0.495 e. The van der Waals surface area contributed by atoms with Gasteiger partial charge in [-0.05, 0) is 35.9 Å². The Morgan fingerprint density at radius 2 is 1.88 bits per heavy atom. The van der Waals surface area contributed by atoms with Gasteiger partial charge in [0.05, 0.1) is 12.8 Å². The first-order valence-electron chi connectivity index (χ1n) is 7.61. The Kier molecular flexibility index (Phi) is 6.34. The van der Waals surface area contributed by atoms with E-state index in [1.807, 2.05) is 0 Å². The van der Waals surface area contributed by atoms with Crippen LogP contribution in [0.25, 0.3) is 6.08 Å². The zero-order valence-electron chi connectivity index (χ0n) is 14.1. The lowest BCUT2D eigenvalue weighted by Gasteiger charge is -2.10. The third kappa shape index (κ3) is 5.11. The number of nitrogens with two attached hydrogens (primary N) is 1. The lowest BCUT2D eigenvalue weighted by Crippen LogP contribution is -2.20. The van der Waals surface area contributed by atoms with Crippen LogP contribution in [0.2, 0.25) is 0 Å². The van der Waals surface area contributed by atoms with Gasteiger partial charge >= 0.3 is 0 Å². The van der Waals surface area contributed by atoms with Crippen LogP contribution in [-0.2, 0) is 9.59 Å². The van der Waals surface area contributed by atoms with Crippen molar-refractivity contribution in [3.8, 4) is 17.6 Å². The number of carbonyl (C=O) groups excluding carboxylic acids is 2. The number of hydrogen-bond acceptors (Lipinski definition) is 5. The molecule has 0 atom stereocenters. The number of rotatable bonds is 7. The molecule has 0 radical (unpaired) electrons. The van der Waals surface area contributed by atoms with Crippen LogP contribution in [0, 0.1) is 11.3 Å². The molecule has 0 aliphatic carbocycles. The SMILES string of the molecule is COc1ccccc1NC(=O)COc1ccc(/C=C(\C#N)C(N)=O)cc1. The van der Waals surface area contributed by atoms with Crippen LogP contribution >= 0.6 is 0 Å². The minimum atomic E-state index is -0.791. The molecule has 3 N–H and O–H groups in total. The molecule has 0 aliphatic heterocycles. The number of benzene rings is 2. The second-order valence-electron chi connectivity index (χ2n) is 5.14. The fourth-order valence-electron chi connectivity index (χ4n) is 2.07. The summed E-state index contributed by atoms with van der Waals surface area (Å²) >= 11 is 0. The maximum Gasteiger partial charge on any atom is 0.262 e. The Balaban J connectivity index is 1.94. The first-order valence-corrected chi connectivity index (χ1v) is 7.61. The highest BCUT2D eigenvalue weighted by Crippen LogP contribution is 2.23. The summed E-state index contributed by atoms with van der Waals surface area (Å²) in [6, 6.07) is 15.3. The lowest BCUT2D eigenvalue weighted by molar-refractivity contribution is -0.118. The Morgan fingerprint density at radius 3 is 2.50 bits per heavy atom. The quantitative estimate of drug-likeness (QED) is 0.586. The number of nitrogens with zero attached hydrogens (tertiary/aromatic N) is 1. The second-order valence-corrected chi connectivity index (χ2v) is 5.14. The molecule has 2 aromatic carbocycles. The molecule has 132 valence electrons. The molecule has 0 fully saturated rings. The zero-order valence-corrected chi connectivity index (χ0v) is 14.1. The molecular weight excluding hydrogens is 334 g/mol. The van der Waals surface area contributed by atoms with Gasteiger partial charge in [-0.15, -0.1) is 0 Å². The van der Waals surface area contributed by atoms with Crippen LogP contribution in [0.15, 0.2) is 54.1 Å². The van der Waals surface area contributed by atoms with E-state index >= 15 is 0 Å². The highest BCUT2D eigenvalue weighted by Gasteiger charge is 2.08. The van der Waals surface area contributed by atoms with Crippen molar-refractivity contribution < 1.29 is 19.1 Å². The van der Waals surface area contributed by atoms with Gasteiger partial charge in [0, 0.05) is 0 Å². The predicted molar refractivity (Wildman–Crippen MR) is 96.3 cm³/mol. The summed E-state index contributed by atoms with van der Waals surface area (Å²) in [6.07, 6.45) is 1.38. The summed E-state index contributed by atoms with van der Waals surface area (Å²) in [5, 5.41) is 11.5. The third-order valence-corrected chi connectivity index (χ3v) is 3.33. The van der Waals surface area contributed by atoms with Crippen LogP contribution < -0.4 is 20.5 Å². The number of nitrogens with one attached hydrogen (secondary N) is 1. The van der Waals surface area contributed by atoms with E-state index in [1.165, 1.54) is 13.2 Å². The molecule has 0 saturated carbocycles. The summed E-state index contributed by atoms with van der Waals surface area (Å²) in [4.78, 5) is 23.0. The Morgan fingerprint density at radius 1 is 1.19 bits per heavy atom. The number of nitriles is 1. The molecule has 2 rings (SSSR count). The maximum absolute atomic E-state index is 12.0. The zero-order chi connectivity index (χ0) is 18.9. The first-order chi connectivity index (χ1) is 12.5. The maximum atomic E-state index is 12.0. The van der Waals surface area contributed by atoms with Crippen molar-refractivity contribution in [1.82, 2.24) is 0 Å². The van der Waals surface area contributed by atoms with E-state index in [9.17, 15) is 9.59 Å². The standard InChI is InChI=1S/C19H17N3O4/c1-25-17-5-3-2-4-16(17)22-18(23)12-26-15-8-6-13(7-9-15)10-14(11-20)19(21)24/h2-10H,12H2,1H3,(H2,21,24)(H,22,23)/b14-10+. The average molecular weight is 351 g/mol. The summed E-state index contributed by atoms with van der Waals surface area (Å²) < 4.78 is 10.6. The molecule has 0 bridgehead atoms. The highest BCUT2D eigenvalue weighted by molar-refractivity contribution is 6.00. The van der Waals surface area contributed by atoms with Crippen molar-refractivity contribution in [2.24, 2.45) is 5.73 Å². The van der Waals surface area contributed by atoms with Crippen molar-refractivity contribution in [3.63, 3.8) is 0 Å². The lowest BCUT2D eigenvalue weighted by atomic mass is 10.1. The van der Waals surface area contributed by atoms with Crippen LogP contribution in [-0.4, -0.2) is 25.5 Å². The van der Waals surface area contributed by atoms with Gasteiger partial charge in [0.15, 0.2) is 6.61 Å². The topological polar surface area (TPSA) is 114 Å². The predicted octanol–water partition coefficient (Wildman–Crippen LogP) is 2.10. The van der Waals surface area contributed by atoms with Gasteiger partial charge in [0.1, 0.15) is 23.1 Å². The summed E-state index contributed by atoms with van der Waals surface area (Å²) in [5.41, 5.74) is 6.11. The molecule has 2 aromatic rings. The smallest absolute Gasteiger partial charge is 0.262 e. The Bertz CT molecular complexity index is 867. The number of methoxy groups -OCH3 is 1. The second kappa shape index (κ2) is 8.89. The normalized spacial score (nSPS) is 10.5. The average Bonchev–Trinajstić information content (AvgIpc) is 2.65. The summed E-state index contributed by atoms with van der Waals surface area (Å²) in [5.74, 6) is -0.102. The van der Waals surface area contributed by atoms with E-state index in [4.69, 9.17) is 20.5 Å². The molecule has 2 amide bonds. The number of anilines is 1. The van der Waals surface area contributed by atoms with Gasteiger partial charge < -0.3 is 20.5 Å². The van der Waals surface area contributed by atoms with Crippen LogP contribution in [0.4, 0.5) is 5.69 Å². The van der Waals surface area contributed by atoms with E-state index in [0.717, 1.165) is 0 Å². The van der Waals surface area contributed by atoms with Crippen molar-refractivity contribution in [3.05, 3.63) is 59.7 Å². The molecule has 0 spiro atoms. The molecular formula is C19H17N3O4.